The topological polar surface area (TPSA) is 7.12 Å². The maximum atomic E-state index is 9.87. The molecule has 9 heteroatoms. The number of fused-ring (bicyclic) bond motifs is 2. The van der Waals surface area contributed by atoms with Gasteiger partial charge in [0.25, 0.3) is 0 Å². The molecule has 0 fully saturated rings. The van der Waals surface area contributed by atoms with E-state index in [0.717, 1.165) is 12.8 Å². The first-order valence-corrected chi connectivity index (χ1v) is 13.2. The molecule has 0 amide bonds. The van der Waals surface area contributed by atoms with Gasteiger partial charge in [0.2, 0.25) is 11.2 Å². The molecule has 0 bridgehead atoms. The summed E-state index contributed by atoms with van der Waals surface area (Å²) in [7, 11) is -8.45. The van der Waals surface area contributed by atoms with Gasteiger partial charge in [0.15, 0.2) is 5.69 Å². The molecule has 0 spiro atoms. The molecule has 1 heterocycles. The van der Waals surface area contributed by atoms with Crippen LogP contribution < -0.4 is 9.47 Å². The van der Waals surface area contributed by atoms with E-state index in [1.165, 1.54) is 52.1 Å². The number of pyridine rings is 1. The Hall–Kier alpha value is -3.12. The predicted molar refractivity (Wildman–Crippen MR) is 130 cm³/mol. The van der Waals surface area contributed by atoms with Crippen LogP contribution in [0.25, 0.3) is 16.6 Å². The molecule has 0 unspecified atom stereocenters. The van der Waals surface area contributed by atoms with Gasteiger partial charge < -0.3 is 4.90 Å². The van der Waals surface area contributed by atoms with Crippen LogP contribution in [0.1, 0.15) is 24.1 Å². The predicted octanol–water partition coefficient (Wildman–Crippen LogP) is 9.15. The molecule has 3 aromatic carbocycles. The summed E-state index contributed by atoms with van der Waals surface area (Å²) < 4.78 is 61.7. The van der Waals surface area contributed by atoms with E-state index in [9.17, 15) is 25.2 Å². The molecule has 0 radical (unpaired) electrons. The second kappa shape index (κ2) is 8.52. The van der Waals surface area contributed by atoms with Gasteiger partial charge in [-0.1, -0.05) is 48.5 Å². The molecule has 0 saturated heterocycles. The number of nitrogens with zero attached hydrogens (tertiary/aromatic N) is 2. The van der Waals surface area contributed by atoms with Gasteiger partial charge in [-0.2, -0.15) is 4.57 Å². The van der Waals surface area contributed by atoms with Crippen LogP contribution >= 0.6 is 7.81 Å². The van der Waals surface area contributed by atoms with Gasteiger partial charge in [0.05, 0.1) is 11.1 Å². The van der Waals surface area contributed by atoms with Crippen LogP contribution in [-0.4, -0.2) is 7.05 Å². The molecule has 0 N–H and O–H groups in total. The monoisotopic (exact) mass is 510 g/mol. The van der Waals surface area contributed by atoms with Crippen molar-refractivity contribution in [1.82, 2.24) is 0 Å². The molecule has 0 aliphatic heterocycles. The SMILES string of the molecule is CN(c1ccccc1)c1c2c([n+](-c3ccccc3)c3ccccc13)CCCC2.F[P-](F)(F)(F)(F)F. The van der Waals surface area contributed by atoms with Gasteiger partial charge in [-0.05, 0) is 37.5 Å². The van der Waals surface area contributed by atoms with Crippen molar-refractivity contribution in [2.24, 2.45) is 0 Å². The number of para-hydroxylation sites is 3. The fourth-order valence-electron chi connectivity index (χ4n) is 4.60. The Bertz CT molecular complexity index is 1330. The van der Waals surface area contributed by atoms with Crippen LogP contribution in [0.4, 0.5) is 36.6 Å². The second-order valence-corrected chi connectivity index (χ2v) is 10.4. The first-order valence-electron chi connectivity index (χ1n) is 11.2. The molecule has 0 atom stereocenters. The van der Waals surface area contributed by atoms with Gasteiger partial charge in [-0.15, -0.1) is 0 Å². The molecule has 186 valence electrons. The van der Waals surface area contributed by atoms with E-state index in [1.54, 1.807) is 0 Å². The molecule has 2 nitrogen and oxygen atoms in total. The summed E-state index contributed by atoms with van der Waals surface area (Å²) in [6.45, 7) is 0. The van der Waals surface area contributed by atoms with E-state index in [4.69, 9.17) is 0 Å². The third kappa shape index (κ3) is 6.51. The average molecular weight is 510 g/mol. The number of anilines is 2. The van der Waals surface area contributed by atoms with Gasteiger partial charge in [-0.3, -0.25) is 0 Å². The Kier molecular flexibility index (Phi) is 6.08. The number of benzene rings is 3. The van der Waals surface area contributed by atoms with Gasteiger partial charge in [-0.25, -0.2) is 0 Å². The summed E-state index contributed by atoms with van der Waals surface area (Å²) in [5.74, 6) is 0. The van der Waals surface area contributed by atoms with Crippen molar-refractivity contribution in [2.45, 2.75) is 25.7 Å². The molecule has 0 saturated carbocycles. The Morgan fingerprint density at radius 3 is 1.83 bits per heavy atom. The summed E-state index contributed by atoms with van der Waals surface area (Å²) in [6, 6.07) is 30.4. The molecular formula is C26H25F6N2P. The van der Waals surface area contributed by atoms with Crippen LogP contribution in [0.3, 0.4) is 0 Å². The zero-order valence-electron chi connectivity index (χ0n) is 19.0. The summed E-state index contributed by atoms with van der Waals surface area (Å²) in [6.07, 6.45) is 4.78. The maximum absolute atomic E-state index is 10.7. The average Bonchev–Trinajstić information content (AvgIpc) is 2.81. The zero-order valence-corrected chi connectivity index (χ0v) is 19.9. The number of halogens is 6. The number of hydrogen-bond donors (Lipinski definition) is 0. The molecule has 1 aromatic heterocycles. The van der Waals surface area contributed by atoms with Crippen molar-refractivity contribution >= 4 is 30.1 Å². The van der Waals surface area contributed by atoms with Gasteiger partial charge >= 0.3 is 33.0 Å². The summed E-state index contributed by atoms with van der Waals surface area (Å²) in [5, 5.41) is 1.32. The number of rotatable bonds is 3. The van der Waals surface area contributed by atoms with Crippen LogP contribution in [0.15, 0.2) is 84.9 Å². The Morgan fingerprint density at radius 1 is 0.686 bits per heavy atom. The van der Waals surface area contributed by atoms with E-state index in [2.05, 4.69) is 101 Å². The second-order valence-electron chi connectivity index (χ2n) is 8.52. The van der Waals surface area contributed by atoms with Gasteiger partial charge in [0.1, 0.15) is 0 Å². The minimum atomic E-state index is -10.7. The first kappa shape index (κ1) is 25.0. The van der Waals surface area contributed by atoms with Crippen molar-refractivity contribution in [2.75, 3.05) is 11.9 Å². The first-order chi connectivity index (χ1) is 16.3. The molecule has 35 heavy (non-hydrogen) atoms. The normalized spacial score (nSPS) is 15.3. The van der Waals surface area contributed by atoms with E-state index in [1.807, 2.05) is 0 Å². The minimum absolute atomic E-state index is 1.13. The standard InChI is InChI=1S/C26H25N2.F6P/c1-27(20-12-4-2-5-13-20)26-22-16-8-10-18-24(22)28(21-14-6-3-7-15-21)25-19-11-9-17-23(25)26;1-7(2,3,4,5)6/h2-8,10,12-16,18H,9,11,17,19H2,1H3;/q+1;-1. The van der Waals surface area contributed by atoms with E-state index in [-0.39, 0.29) is 0 Å². The Morgan fingerprint density at radius 2 is 1.20 bits per heavy atom. The third-order valence-electron chi connectivity index (χ3n) is 5.89. The Labute approximate surface area is 199 Å². The quantitative estimate of drug-likeness (QED) is 0.151. The van der Waals surface area contributed by atoms with Crippen molar-refractivity contribution in [1.29, 1.82) is 0 Å². The number of hydrogen-bond acceptors (Lipinski definition) is 1. The molecule has 4 aromatic rings. The number of aromatic nitrogens is 1. The fourth-order valence-corrected chi connectivity index (χ4v) is 4.60. The summed E-state index contributed by atoms with van der Waals surface area (Å²) in [4.78, 5) is 2.38. The van der Waals surface area contributed by atoms with Crippen LogP contribution in [0, 0.1) is 0 Å². The van der Waals surface area contributed by atoms with Crippen molar-refractivity contribution < 1.29 is 29.7 Å². The fraction of sp³-hybridized carbons (Fsp3) is 0.192. The van der Waals surface area contributed by atoms with Gasteiger partial charge in [0, 0.05) is 42.9 Å². The van der Waals surface area contributed by atoms with Crippen LogP contribution in [-0.2, 0) is 12.8 Å². The molecule has 1 aliphatic carbocycles. The molecule has 1 aliphatic rings. The molecule has 5 rings (SSSR count). The van der Waals surface area contributed by atoms with Crippen molar-refractivity contribution in [3.05, 3.63) is 96.2 Å². The van der Waals surface area contributed by atoms with E-state index >= 15 is 0 Å². The van der Waals surface area contributed by atoms with Crippen LogP contribution in [0.2, 0.25) is 0 Å². The van der Waals surface area contributed by atoms with E-state index < -0.39 is 7.81 Å². The summed E-state index contributed by atoms with van der Waals surface area (Å²) in [5.41, 5.74) is 8.11. The van der Waals surface area contributed by atoms with E-state index in [0.29, 0.717) is 0 Å². The zero-order chi connectivity index (χ0) is 25.3. The Balaban J connectivity index is 0.000000364. The van der Waals surface area contributed by atoms with Crippen molar-refractivity contribution in [3.63, 3.8) is 0 Å². The van der Waals surface area contributed by atoms with Crippen molar-refractivity contribution in [3.8, 4) is 5.69 Å². The summed E-state index contributed by atoms with van der Waals surface area (Å²) >= 11 is 0. The molecular weight excluding hydrogens is 485 g/mol. The van der Waals surface area contributed by atoms with Crippen LogP contribution in [0.5, 0.6) is 0 Å². The third-order valence-corrected chi connectivity index (χ3v) is 5.89.